The van der Waals surface area contributed by atoms with Gasteiger partial charge < -0.3 is 4.81 Å². The van der Waals surface area contributed by atoms with Crippen molar-refractivity contribution in [2.24, 2.45) is 47.3 Å². The minimum absolute atomic E-state index is 0.584. The Morgan fingerprint density at radius 1 is 0.523 bits per heavy atom. The van der Waals surface area contributed by atoms with E-state index in [1.807, 2.05) is 0 Å². The van der Waals surface area contributed by atoms with Gasteiger partial charge in [-0.3, -0.25) is 0 Å². The lowest BCUT2D eigenvalue weighted by Gasteiger charge is -2.51. The summed E-state index contributed by atoms with van der Waals surface area (Å²) in [6.45, 7) is 21.2. The minimum atomic E-state index is 0.584. The molecule has 1 nitrogen and oxygen atoms in total. The Morgan fingerprint density at radius 3 is 1.25 bits per heavy atom. The van der Waals surface area contributed by atoms with Gasteiger partial charge in [-0.2, -0.15) is 0 Å². The molecule has 4 aliphatic carbocycles. The second-order valence-electron chi connectivity index (χ2n) is 17.1. The fraction of sp³-hybridized carbons (Fsp3) is 0.714. The van der Waals surface area contributed by atoms with E-state index in [1.165, 1.54) is 51.4 Å². The molecular formula is C42H64BN. The second kappa shape index (κ2) is 13.7. The van der Waals surface area contributed by atoms with E-state index in [1.54, 1.807) is 11.1 Å². The smallest absolute Gasteiger partial charge is 0.231 e. The zero-order valence-electron chi connectivity index (χ0n) is 29.5. The molecule has 0 spiro atoms. The number of nitrogens with zero attached hydrogens (tertiary/aromatic N) is 1. The van der Waals surface area contributed by atoms with E-state index in [0.29, 0.717) is 18.9 Å². The zero-order chi connectivity index (χ0) is 31.1. The molecule has 2 aromatic carbocycles. The summed E-state index contributed by atoms with van der Waals surface area (Å²) in [5.41, 5.74) is 3.26. The summed E-state index contributed by atoms with van der Waals surface area (Å²) in [7, 11) is 0. The van der Waals surface area contributed by atoms with E-state index in [2.05, 4.69) is 121 Å². The molecule has 240 valence electrons. The van der Waals surface area contributed by atoms with Crippen molar-refractivity contribution in [3.8, 4) is 0 Å². The van der Waals surface area contributed by atoms with Crippen molar-refractivity contribution < 1.29 is 0 Å². The average Bonchev–Trinajstić information content (AvgIpc) is 3.60. The van der Waals surface area contributed by atoms with Gasteiger partial charge in [0, 0.05) is 0 Å². The molecule has 0 radical (unpaired) electrons. The van der Waals surface area contributed by atoms with Gasteiger partial charge in [-0.15, -0.1) is 0 Å². The normalized spacial score (nSPS) is 35.6. The first kappa shape index (κ1) is 32.4. The highest BCUT2D eigenvalue weighted by Gasteiger charge is 2.61. The Bertz CT molecular complexity index is 1080. The number of fused-ring (bicyclic) bond motifs is 2. The van der Waals surface area contributed by atoms with Crippen LogP contribution < -0.4 is 0 Å². The van der Waals surface area contributed by atoms with Gasteiger partial charge in [0.1, 0.15) is 0 Å². The predicted octanol–water partition coefficient (Wildman–Crippen LogP) is 11.6. The maximum Gasteiger partial charge on any atom is 0.231 e. The Kier molecular flexibility index (Phi) is 10.1. The van der Waals surface area contributed by atoms with Crippen molar-refractivity contribution in [1.29, 1.82) is 0 Å². The first-order valence-corrected chi connectivity index (χ1v) is 19.1. The molecule has 6 rings (SSSR count). The molecule has 4 aliphatic rings. The molecule has 44 heavy (non-hydrogen) atoms. The lowest BCUT2D eigenvalue weighted by atomic mass is 9.32. The van der Waals surface area contributed by atoms with Crippen LogP contribution >= 0.6 is 0 Å². The van der Waals surface area contributed by atoms with Gasteiger partial charge in [0.05, 0.1) is 0 Å². The summed E-state index contributed by atoms with van der Waals surface area (Å²) < 4.78 is 0. The quantitative estimate of drug-likeness (QED) is 0.261. The molecule has 10 atom stereocenters. The van der Waals surface area contributed by atoms with Gasteiger partial charge in [0.2, 0.25) is 6.85 Å². The number of rotatable bonds is 9. The summed E-state index contributed by atoms with van der Waals surface area (Å²) in [6.07, 6.45) is 11.4. The Morgan fingerprint density at radius 2 is 0.909 bits per heavy atom. The molecule has 0 aromatic heterocycles. The standard InChI is InChI=1S/C42H64BN/c1-27(2)37-25-39-33(31-17-11-9-12-18-31)21-15-23-35(39)41(37)43(44(29(5)6)30(7)8)42-36-24-16-22-34(32-19-13-10-14-20-32)40(36)26-38(42)28(3)4/h9-14,17-20,27-30,33-42H,15-16,21-26H2,1-8H3. The van der Waals surface area contributed by atoms with Gasteiger partial charge in [-0.25, -0.2) is 0 Å². The Balaban J connectivity index is 1.45. The SMILES string of the molecule is CC(C)C1CC2C(c3ccccc3)CCCC2C1B(C1C(C(C)C)CC2C(c3ccccc3)CCCC21)N(C(C)C)C(C)C. The maximum absolute atomic E-state index is 3.10. The molecule has 2 heteroatoms. The zero-order valence-corrected chi connectivity index (χ0v) is 29.5. The summed E-state index contributed by atoms with van der Waals surface area (Å²) in [5.74, 6) is 9.75. The summed E-state index contributed by atoms with van der Waals surface area (Å²) >= 11 is 0. The summed E-state index contributed by atoms with van der Waals surface area (Å²) in [4.78, 5) is 3.10. The molecule has 10 unspecified atom stereocenters. The van der Waals surface area contributed by atoms with Crippen LogP contribution in [0.4, 0.5) is 0 Å². The summed E-state index contributed by atoms with van der Waals surface area (Å²) in [5, 5.41) is 0. The fourth-order valence-corrected chi connectivity index (χ4v) is 12.4. The van der Waals surface area contributed by atoms with Crippen molar-refractivity contribution in [3.63, 3.8) is 0 Å². The van der Waals surface area contributed by atoms with Crippen LogP contribution in [0.2, 0.25) is 11.6 Å². The third-order valence-corrected chi connectivity index (χ3v) is 13.8. The molecule has 0 heterocycles. The molecule has 0 saturated heterocycles. The third-order valence-electron chi connectivity index (χ3n) is 13.8. The van der Waals surface area contributed by atoms with Crippen LogP contribution in [-0.4, -0.2) is 23.7 Å². The largest absolute Gasteiger partial charge is 0.337 e. The van der Waals surface area contributed by atoms with E-state index in [9.17, 15) is 0 Å². The highest BCUT2D eigenvalue weighted by Crippen LogP contribution is 2.66. The molecule has 0 bridgehead atoms. The topological polar surface area (TPSA) is 3.24 Å². The molecule has 4 saturated carbocycles. The van der Waals surface area contributed by atoms with Crippen LogP contribution in [-0.2, 0) is 0 Å². The van der Waals surface area contributed by atoms with E-state index in [4.69, 9.17) is 0 Å². The van der Waals surface area contributed by atoms with Crippen molar-refractivity contribution in [1.82, 2.24) is 4.81 Å². The van der Waals surface area contributed by atoms with E-state index in [-0.39, 0.29) is 0 Å². The molecule has 0 aliphatic heterocycles. The van der Waals surface area contributed by atoms with Crippen molar-refractivity contribution >= 4 is 6.85 Å². The molecular weight excluding hydrogens is 529 g/mol. The lowest BCUT2D eigenvalue weighted by molar-refractivity contribution is 0.207. The lowest BCUT2D eigenvalue weighted by Crippen LogP contribution is -2.57. The van der Waals surface area contributed by atoms with Crippen molar-refractivity contribution in [2.45, 2.75) is 142 Å². The van der Waals surface area contributed by atoms with Crippen LogP contribution in [0.3, 0.4) is 0 Å². The highest BCUT2D eigenvalue weighted by atomic mass is 15.1. The first-order chi connectivity index (χ1) is 21.2. The van der Waals surface area contributed by atoms with E-state index in [0.717, 1.165) is 70.8 Å². The van der Waals surface area contributed by atoms with E-state index < -0.39 is 0 Å². The van der Waals surface area contributed by atoms with Gasteiger partial charge in [0.25, 0.3) is 0 Å². The highest BCUT2D eigenvalue weighted by molar-refractivity contribution is 6.60. The first-order valence-electron chi connectivity index (χ1n) is 19.1. The third kappa shape index (κ3) is 6.00. The van der Waals surface area contributed by atoms with Gasteiger partial charge in [-0.1, -0.05) is 142 Å². The van der Waals surface area contributed by atoms with Gasteiger partial charge in [-0.05, 0) is 120 Å². The van der Waals surface area contributed by atoms with Crippen molar-refractivity contribution in [3.05, 3.63) is 71.8 Å². The van der Waals surface area contributed by atoms with Crippen LogP contribution in [0.1, 0.15) is 130 Å². The summed E-state index contributed by atoms with van der Waals surface area (Å²) in [6, 6.07) is 24.6. The average molecular weight is 594 g/mol. The van der Waals surface area contributed by atoms with Crippen LogP contribution in [0.15, 0.2) is 60.7 Å². The van der Waals surface area contributed by atoms with Gasteiger partial charge >= 0.3 is 0 Å². The van der Waals surface area contributed by atoms with Crippen LogP contribution in [0, 0.1) is 47.3 Å². The molecule has 0 N–H and O–H groups in total. The maximum atomic E-state index is 3.10. The number of benzene rings is 2. The fourth-order valence-electron chi connectivity index (χ4n) is 12.4. The second-order valence-corrected chi connectivity index (χ2v) is 17.1. The Hall–Kier alpha value is -1.54. The van der Waals surface area contributed by atoms with Gasteiger partial charge in [0.15, 0.2) is 0 Å². The molecule has 0 amide bonds. The molecule has 4 fully saturated rings. The number of hydrogen-bond acceptors (Lipinski definition) is 1. The minimum Gasteiger partial charge on any atom is -0.337 e. The predicted molar refractivity (Wildman–Crippen MR) is 191 cm³/mol. The van der Waals surface area contributed by atoms with Crippen LogP contribution in [0.25, 0.3) is 0 Å². The monoisotopic (exact) mass is 594 g/mol. The number of hydrogen-bond donors (Lipinski definition) is 0. The molecule has 2 aromatic rings. The Labute approximate surface area is 272 Å². The van der Waals surface area contributed by atoms with Crippen molar-refractivity contribution in [2.75, 3.05) is 0 Å². The van der Waals surface area contributed by atoms with Crippen LogP contribution in [0.5, 0.6) is 0 Å². The van der Waals surface area contributed by atoms with E-state index >= 15 is 0 Å².